The van der Waals surface area contributed by atoms with Crippen LogP contribution in [0.3, 0.4) is 0 Å². The number of hydrogen-bond acceptors (Lipinski definition) is 3. The van der Waals surface area contributed by atoms with Gasteiger partial charge in [-0.3, -0.25) is 4.79 Å². The number of aryl methyl sites for hydroxylation is 1. The lowest BCUT2D eigenvalue weighted by atomic mass is 10.0. The van der Waals surface area contributed by atoms with Gasteiger partial charge in [-0.05, 0) is 30.0 Å². The van der Waals surface area contributed by atoms with Crippen LogP contribution in [0.4, 0.5) is 0 Å². The number of carbonyl (C=O) groups is 1. The molecule has 0 spiro atoms. The summed E-state index contributed by atoms with van der Waals surface area (Å²) < 4.78 is 5.09. The van der Waals surface area contributed by atoms with Gasteiger partial charge in [-0.1, -0.05) is 32.4 Å². The molecule has 0 saturated heterocycles. The quantitative estimate of drug-likeness (QED) is 0.766. The minimum Gasteiger partial charge on any atom is -0.497 e. The van der Waals surface area contributed by atoms with Crippen LogP contribution in [0.2, 0.25) is 0 Å². The average molecular weight is 279 g/mol. The topological polar surface area (TPSA) is 58.6 Å². The number of amides is 1. The van der Waals surface area contributed by atoms with Gasteiger partial charge in [0, 0.05) is 13.0 Å². The van der Waals surface area contributed by atoms with Crippen LogP contribution in [0.1, 0.15) is 32.3 Å². The van der Waals surface area contributed by atoms with E-state index in [-0.39, 0.29) is 11.8 Å². The van der Waals surface area contributed by atoms with E-state index in [1.165, 1.54) is 0 Å². The van der Waals surface area contributed by atoms with E-state index in [0.717, 1.165) is 17.7 Å². The smallest absolute Gasteiger partial charge is 0.220 e. The molecule has 2 atom stereocenters. The Morgan fingerprint density at radius 3 is 2.55 bits per heavy atom. The first kappa shape index (κ1) is 16.5. The molecule has 0 radical (unpaired) electrons. The van der Waals surface area contributed by atoms with E-state index < -0.39 is 6.10 Å². The van der Waals surface area contributed by atoms with Crippen molar-refractivity contribution in [3.8, 4) is 5.75 Å². The molecular formula is C16H25NO3. The maximum Gasteiger partial charge on any atom is 0.220 e. The molecule has 0 saturated carbocycles. The van der Waals surface area contributed by atoms with Gasteiger partial charge >= 0.3 is 0 Å². The molecule has 4 nitrogen and oxygen atoms in total. The fourth-order valence-corrected chi connectivity index (χ4v) is 1.83. The number of hydrogen-bond donors (Lipinski definition) is 2. The Kier molecular flexibility index (Phi) is 7.09. The summed E-state index contributed by atoms with van der Waals surface area (Å²) in [5.74, 6) is 0.995. The Morgan fingerprint density at radius 2 is 2.00 bits per heavy atom. The molecule has 0 aliphatic rings. The van der Waals surface area contributed by atoms with Crippen LogP contribution in [-0.2, 0) is 11.2 Å². The molecule has 0 aromatic heterocycles. The number of methoxy groups -OCH3 is 1. The summed E-state index contributed by atoms with van der Waals surface area (Å²) in [6.45, 7) is 4.34. The Bertz CT molecular complexity index is 403. The number of carbonyl (C=O) groups excluding carboxylic acids is 1. The third kappa shape index (κ3) is 5.61. The van der Waals surface area contributed by atoms with Crippen molar-refractivity contribution < 1.29 is 14.6 Å². The Morgan fingerprint density at radius 1 is 1.35 bits per heavy atom. The third-order valence-electron chi connectivity index (χ3n) is 3.61. The van der Waals surface area contributed by atoms with E-state index in [0.29, 0.717) is 19.4 Å². The summed E-state index contributed by atoms with van der Waals surface area (Å²) in [6.07, 6.45) is 1.56. The maximum absolute atomic E-state index is 11.7. The predicted octanol–water partition coefficient (Wildman–Crippen LogP) is 2.15. The summed E-state index contributed by atoms with van der Waals surface area (Å²) >= 11 is 0. The number of benzene rings is 1. The minimum atomic E-state index is -0.468. The fourth-order valence-electron chi connectivity index (χ4n) is 1.83. The Balaban J connectivity index is 2.28. The van der Waals surface area contributed by atoms with E-state index in [4.69, 9.17) is 4.74 Å². The van der Waals surface area contributed by atoms with Crippen LogP contribution in [-0.4, -0.2) is 30.8 Å². The summed E-state index contributed by atoms with van der Waals surface area (Å²) in [5.41, 5.74) is 1.10. The molecule has 20 heavy (non-hydrogen) atoms. The third-order valence-corrected chi connectivity index (χ3v) is 3.61. The molecule has 0 aliphatic carbocycles. The number of aliphatic hydroxyl groups excluding tert-OH is 1. The van der Waals surface area contributed by atoms with Crippen molar-refractivity contribution in [1.82, 2.24) is 5.32 Å². The molecule has 1 aromatic carbocycles. The lowest BCUT2D eigenvalue weighted by Gasteiger charge is -2.17. The summed E-state index contributed by atoms with van der Waals surface area (Å²) in [6, 6.07) is 7.69. The van der Waals surface area contributed by atoms with E-state index in [2.05, 4.69) is 5.32 Å². The number of rotatable bonds is 8. The highest BCUT2D eigenvalue weighted by Gasteiger charge is 2.13. The van der Waals surface area contributed by atoms with Crippen LogP contribution >= 0.6 is 0 Å². The number of nitrogens with one attached hydrogen (secondary N) is 1. The van der Waals surface area contributed by atoms with Crippen LogP contribution in [0.15, 0.2) is 24.3 Å². The van der Waals surface area contributed by atoms with Crippen LogP contribution in [0.5, 0.6) is 5.75 Å². The molecule has 1 aromatic rings. The summed E-state index contributed by atoms with van der Waals surface area (Å²) in [7, 11) is 1.63. The van der Waals surface area contributed by atoms with Crippen molar-refractivity contribution >= 4 is 5.91 Å². The van der Waals surface area contributed by atoms with Crippen LogP contribution in [0, 0.1) is 5.92 Å². The van der Waals surface area contributed by atoms with Gasteiger partial charge in [-0.15, -0.1) is 0 Å². The van der Waals surface area contributed by atoms with Gasteiger partial charge in [0.2, 0.25) is 5.91 Å². The first-order valence-corrected chi connectivity index (χ1v) is 7.14. The van der Waals surface area contributed by atoms with E-state index in [1.807, 2.05) is 38.1 Å². The van der Waals surface area contributed by atoms with Gasteiger partial charge in [-0.2, -0.15) is 0 Å². The SMILES string of the molecule is CCC(C)C(O)CNC(=O)CCc1ccc(OC)cc1. The first-order chi connectivity index (χ1) is 9.56. The van der Waals surface area contributed by atoms with Crippen molar-refractivity contribution in [2.24, 2.45) is 5.92 Å². The van der Waals surface area contributed by atoms with Crippen molar-refractivity contribution in [2.75, 3.05) is 13.7 Å². The monoisotopic (exact) mass is 279 g/mol. The molecule has 1 amide bonds. The molecular weight excluding hydrogens is 254 g/mol. The minimum absolute atomic E-state index is 0.0248. The standard InChI is InChI=1S/C16H25NO3/c1-4-12(2)15(18)11-17-16(19)10-7-13-5-8-14(20-3)9-6-13/h5-6,8-9,12,15,18H,4,7,10-11H2,1-3H3,(H,17,19). The maximum atomic E-state index is 11.7. The zero-order valence-corrected chi connectivity index (χ0v) is 12.6. The second-order valence-electron chi connectivity index (χ2n) is 5.11. The summed E-state index contributed by atoms with van der Waals surface area (Å²) in [5, 5.41) is 12.6. The Labute approximate surface area is 121 Å². The molecule has 0 bridgehead atoms. The van der Waals surface area contributed by atoms with E-state index in [1.54, 1.807) is 7.11 Å². The first-order valence-electron chi connectivity index (χ1n) is 7.14. The Hall–Kier alpha value is -1.55. The van der Waals surface area contributed by atoms with Gasteiger partial charge < -0.3 is 15.2 Å². The number of ether oxygens (including phenoxy) is 1. The largest absolute Gasteiger partial charge is 0.497 e. The van der Waals surface area contributed by atoms with Crippen molar-refractivity contribution in [1.29, 1.82) is 0 Å². The van der Waals surface area contributed by atoms with Crippen molar-refractivity contribution in [3.05, 3.63) is 29.8 Å². The van der Waals surface area contributed by atoms with Crippen molar-refractivity contribution in [3.63, 3.8) is 0 Å². The molecule has 1 rings (SSSR count). The second kappa shape index (κ2) is 8.59. The highest BCUT2D eigenvalue weighted by molar-refractivity contribution is 5.76. The molecule has 4 heteroatoms. The molecule has 0 heterocycles. The average Bonchev–Trinajstić information content (AvgIpc) is 2.50. The van der Waals surface area contributed by atoms with E-state index in [9.17, 15) is 9.90 Å². The number of aliphatic hydroxyl groups is 1. The summed E-state index contributed by atoms with van der Waals surface area (Å²) in [4.78, 5) is 11.7. The normalized spacial score (nSPS) is 13.6. The molecule has 0 aliphatic heterocycles. The second-order valence-corrected chi connectivity index (χ2v) is 5.11. The van der Waals surface area contributed by atoms with Crippen LogP contribution < -0.4 is 10.1 Å². The van der Waals surface area contributed by atoms with Gasteiger partial charge in [0.15, 0.2) is 0 Å². The van der Waals surface area contributed by atoms with Gasteiger partial charge in [0.05, 0.1) is 13.2 Å². The van der Waals surface area contributed by atoms with Crippen molar-refractivity contribution in [2.45, 2.75) is 39.2 Å². The fraction of sp³-hybridized carbons (Fsp3) is 0.562. The highest BCUT2D eigenvalue weighted by Crippen LogP contribution is 2.12. The lowest BCUT2D eigenvalue weighted by molar-refractivity contribution is -0.121. The van der Waals surface area contributed by atoms with Gasteiger partial charge in [0.25, 0.3) is 0 Å². The van der Waals surface area contributed by atoms with Gasteiger partial charge in [-0.25, -0.2) is 0 Å². The molecule has 0 fully saturated rings. The van der Waals surface area contributed by atoms with Crippen LogP contribution in [0.25, 0.3) is 0 Å². The van der Waals surface area contributed by atoms with Gasteiger partial charge in [0.1, 0.15) is 5.75 Å². The molecule has 2 unspecified atom stereocenters. The van der Waals surface area contributed by atoms with E-state index >= 15 is 0 Å². The zero-order chi connectivity index (χ0) is 15.0. The molecule has 2 N–H and O–H groups in total. The zero-order valence-electron chi connectivity index (χ0n) is 12.6. The predicted molar refractivity (Wildman–Crippen MR) is 79.8 cm³/mol. The highest BCUT2D eigenvalue weighted by atomic mass is 16.5. The molecule has 112 valence electrons. The lowest BCUT2D eigenvalue weighted by Crippen LogP contribution is -2.35.